The maximum absolute atomic E-state index is 12.0. The second-order valence-corrected chi connectivity index (χ2v) is 4.67. The zero-order chi connectivity index (χ0) is 15.7. The number of hydrogen-bond acceptors (Lipinski definition) is 5. The number of anilines is 1. The van der Waals surface area contributed by atoms with Crippen LogP contribution >= 0.6 is 0 Å². The van der Waals surface area contributed by atoms with Gasteiger partial charge in [0.25, 0.3) is 0 Å². The molecule has 1 atom stereocenters. The number of rotatable bonds is 9. The van der Waals surface area contributed by atoms with Crippen molar-refractivity contribution in [2.24, 2.45) is 0 Å². The Hall–Kier alpha value is -1.79. The molecule has 0 heterocycles. The Balaban J connectivity index is 2.54. The lowest BCUT2D eigenvalue weighted by Gasteiger charge is -2.15. The first kappa shape index (κ1) is 17.3. The van der Waals surface area contributed by atoms with E-state index in [9.17, 15) is 4.79 Å². The van der Waals surface area contributed by atoms with Crippen LogP contribution in [-0.4, -0.2) is 46.4 Å². The Morgan fingerprint density at radius 2 is 2.00 bits per heavy atom. The van der Waals surface area contributed by atoms with Crippen molar-refractivity contribution in [2.45, 2.75) is 19.4 Å². The molecule has 0 aliphatic heterocycles. The Bertz CT molecular complexity index is 451. The second kappa shape index (κ2) is 9.20. The molecule has 0 saturated heterocycles. The van der Waals surface area contributed by atoms with Crippen LogP contribution in [0.1, 0.15) is 13.3 Å². The van der Waals surface area contributed by atoms with Crippen LogP contribution in [0.25, 0.3) is 0 Å². The molecule has 118 valence electrons. The van der Waals surface area contributed by atoms with Gasteiger partial charge in [0.1, 0.15) is 11.5 Å². The van der Waals surface area contributed by atoms with Crippen LogP contribution in [0.3, 0.4) is 0 Å². The normalized spacial score (nSPS) is 11.8. The molecule has 0 aromatic heterocycles. The zero-order valence-corrected chi connectivity index (χ0v) is 13.1. The van der Waals surface area contributed by atoms with Gasteiger partial charge in [-0.25, -0.2) is 0 Å². The van der Waals surface area contributed by atoms with Gasteiger partial charge in [0.05, 0.1) is 26.5 Å². The number of carbonyl (C=O) groups excluding carboxylic acids is 1. The first-order chi connectivity index (χ1) is 10.1. The van der Waals surface area contributed by atoms with Crippen molar-refractivity contribution in [3.8, 4) is 11.5 Å². The molecule has 0 radical (unpaired) electrons. The molecule has 0 bridgehead atoms. The molecular weight excluding hydrogens is 272 g/mol. The average molecular weight is 296 g/mol. The van der Waals surface area contributed by atoms with Crippen LogP contribution in [0.5, 0.6) is 11.5 Å². The number of nitrogens with one attached hydrogen (secondary N) is 2. The zero-order valence-electron chi connectivity index (χ0n) is 13.1. The van der Waals surface area contributed by atoms with Crippen molar-refractivity contribution < 1.29 is 19.0 Å². The van der Waals surface area contributed by atoms with Crippen LogP contribution in [0.4, 0.5) is 5.69 Å². The minimum atomic E-state index is -0.0733. The molecule has 0 aliphatic carbocycles. The highest BCUT2D eigenvalue weighted by molar-refractivity contribution is 5.92. The lowest BCUT2D eigenvalue weighted by molar-refractivity contribution is -0.116. The fraction of sp³-hybridized carbons (Fsp3) is 0.533. The third-order valence-corrected chi connectivity index (χ3v) is 2.97. The van der Waals surface area contributed by atoms with Crippen molar-refractivity contribution in [3.05, 3.63) is 18.2 Å². The second-order valence-electron chi connectivity index (χ2n) is 4.67. The van der Waals surface area contributed by atoms with Gasteiger partial charge in [-0.15, -0.1) is 0 Å². The summed E-state index contributed by atoms with van der Waals surface area (Å²) in [6.07, 6.45) is 0.374. The summed E-state index contributed by atoms with van der Waals surface area (Å²) in [6.45, 7) is 3.30. The molecule has 1 aromatic carbocycles. The predicted molar refractivity (Wildman–Crippen MR) is 82.1 cm³/mol. The first-order valence-corrected chi connectivity index (χ1v) is 6.85. The van der Waals surface area contributed by atoms with E-state index in [1.807, 2.05) is 6.92 Å². The van der Waals surface area contributed by atoms with E-state index < -0.39 is 0 Å². The van der Waals surface area contributed by atoms with Crippen molar-refractivity contribution >= 4 is 11.6 Å². The monoisotopic (exact) mass is 296 g/mol. The summed E-state index contributed by atoms with van der Waals surface area (Å²) in [4.78, 5) is 12.0. The van der Waals surface area contributed by atoms with Gasteiger partial charge in [0.15, 0.2) is 0 Å². The van der Waals surface area contributed by atoms with Gasteiger partial charge >= 0.3 is 0 Å². The topological polar surface area (TPSA) is 68.8 Å². The van der Waals surface area contributed by atoms with E-state index in [2.05, 4.69) is 10.6 Å². The van der Waals surface area contributed by atoms with Gasteiger partial charge in [-0.1, -0.05) is 0 Å². The molecule has 2 N–H and O–H groups in total. The molecule has 0 spiro atoms. The number of methoxy groups -OCH3 is 3. The smallest absolute Gasteiger partial charge is 0.226 e. The number of benzene rings is 1. The number of amides is 1. The summed E-state index contributed by atoms with van der Waals surface area (Å²) in [5.74, 6) is 1.18. The molecule has 0 saturated carbocycles. The number of hydrogen-bond donors (Lipinski definition) is 2. The van der Waals surface area contributed by atoms with Crippen molar-refractivity contribution in [1.82, 2.24) is 5.32 Å². The Labute approximate surface area is 125 Å². The molecule has 6 nitrogen and oxygen atoms in total. The van der Waals surface area contributed by atoms with E-state index in [0.717, 1.165) is 6.54 Å². The van der Waals surface area contributed by atoms with E-state index in [1.165, 1.54) is 0 Å². The third kappa shape index (κ3) is 6.01. The first-order valence-electron chi connectivity index (χ1n) is 6.85. The van der Waals surface area contributed by atoms with E-state index in [4.69, 9.17) is 14.2 Å². The van der Waals surface area contributed by atoms with Gasteiger partial charge in [-0.3, -0.25) is 4.79 Å². The van der Waals surface area contributed by atoms with Gasteiger partial charge in [0.2, 0.25) is 5.91 Å². The Morgan fingerprint density at radius 3 is 2.62 bits per heavy atom. The lowest BCUT2D eigenvalue weighted by atomic mass is 10.2. The standard InChI is InChI=1S/C15H24N2O4/c1-11(16-7-8-19-2)9-15(18)17-13-6-5-12(20-3)10-14(13)21-4/h5-6,10-11,16H,7-9H2,1-4H3,(H,17,18). The number of carbonyl (C=O) groups is 1. The summed E-state index contributed by atoms with van der Waals surface area (Å²) in [7, 11) is 4.79. The van der Waals surface area contributed by atoms with Crippen molar-refractivity contribution in [2.75, 3.05) is 39.8 Å². The molecule has 1 aromatic rings. The van der Waals surface area contributed by atoms with Gasteiger partial charge < -0.3 is 24.8 Å². The van der Waals surface area contributed by atoms with Crippen LogP contribution in [0.2, 0.25) is 0 Å². The van der Waals surface area contributed by atoms with Crippen molar-refractivity contribution in [1.29, 1.82) is 0 Å². The molecule has 21 heavy (non-hydrogen) atoms. The summed E-state index contributed by atoms with van der Waals surface area (Å²) >= 11 is 0. The molecule has 0 aliphatic rings. The molecule has 1 amide bonds. The minimum absolute atomic E-state index is 0.0733. The predicted octanol–water partition coefficient (Wildman–Crippen LogP) is 1.66. The van der Waals surface area contributed by atoms with Gasteiger partial charge in [0, 0.05) is 32.2 Å². The fourth-order valence-corrected chi connectivity index (χ4v) is 1.86. The van der Waals surface area contributed by atoms with E-state index in [-0.39, 0.29) is 11.9 Å². The van der Waals surface area contributed by atoms with E-state index >= 15 is 0 Å². The lowest BCUT2D eigenvalue weighted by Crippen LogP contribution is -2.32. The fourth-order valence-electron chi connectivity index (χ4n) is 1.86. The maximum Gasteiger partial charge on any atom is 0.226 e. The highest BCUT2D eigenvalue weighted by atomic mass is 16.5. The van der Waals surface area contributed by atoms with Gasteiger partial charge in [-0.2, -0.15) is 0 Å². The van der Waals surface area contributed by atoms with Crippen molar-refractivity contribution in [3.63, 3.8) is 0 Å². The largest absolute Gasteiger partial charge is 0.497 e. The number of ether oxygens (including phenoxy) is 3. The summed E-state index contributed by atoms with van der Waals surface area (Å²) in [5.41, 5.74) is 0.632. The summed E-state index contributed by atoms with van der Waals surface area (Å²) in [6, 6.07) is 5.34. The SMILES string of the molecule is COCCNC(C)CC(=O)Nc1ccc(OC)cc1OC. The minimum Gasteiger partial charge on any atom is -0.497 e. The molecule has 1 unspecified atom stereocenters. The maximum atomic E-state index is 12.0. The van der Waals surface area contributed by atoms with E-state index in [0.29, 0.717) is 30.2 Å². The third-order valence-electron chi connectivity index (χ3n) is 2.97. The Morgan fingerprint density at radius 1 is 1.24 bits per heavy atom. The summed E-state index contributed by atoms with van der Waals surface area (Å²) < 4.78 is 15.3. The molecule has 0 fully saturated rings. The van der Waals surface area contributed by atoms with Gasteiger partial charge in [-0.05, 0) is 19.1 Å². The molecule has 6 heteroatoms. The quantitative estimate of drug-likeness (QED) is 0.678. The van der Waals surface area contributed by atoms with Crippen LogP contribution in [0, 0.1) is 0 Å². The summed E-state index contributed by atoms with van der Waals surface area (Å²) in [5, 5.41) is 6.05. The Kier molecular flexibility index (Phi) is 7.56. The highest BCUT2D eigenvalue weighted by Gasteiger charge is 2.12. The average Bonchev–Trinajstić information content (AvgIpc) is 2.47. The van der Waals surface area contributed by atoms with Crippen LogP contribution < -0.4 is 20.1 Å². The van der Waals surface area contributed by atoms with Crippen LogP contribution in [0.15, 0.2) is 18.2 Å². The molecular formula is C15H24N2O4. The highest BCUT2D eigenvalue weighted by Crippen LogP contribution is 2.29. The van der Waals surface area contributed by atoms with Crippen LogP contribution in [-0.2, 0) is 9.53 Å². The van der Waals surface area contributed by atoms with E-state index in [1.54, 1.807) is 39.5 Å². The molecule has 1 rings (SSSR count).